The van der Waals surface area contributed by atoms with Crippen molar-refractivity contribution in [1.29, 1.82) is 0 Å². The molecular formula is C15H22N2O. The van der Waals surface area contributed by atoms with Crippen LogP contribution in [0.2, 0.25) is 0 Å². The third kappa shape index (κ3) is 2.91. The summed E-state index contributed by atoms with van der Waals surface area (Å²) in [6.45, 7) is 2.92. The van der Waals surface area contributed by atoms with E-state index in [1.807, 2.05) is 6.21 Å². The zero-order valence-corrected chi connectivity index (χ0v) is 11.3. The van der Waals surface area contributed by atoms with E-state index in [1.54, 1.807) is 7.11 Å². The molecule has 1 atom stereocenters. The van der Waals surface area contributed by atoms with E-state index in [4.69, 9.17) is 4.74 Å². The van der Waals surface area contributed by atoms with Crippen LogP contribution in [0.1, 0.15) is 31.7 Å². The van der Waals surface area contributed by atoms with E-state index in [0.717, 1.165) is 19.4 Å². The molecule has 0 saturated carbocycles. The van der Waals surface area contributed by atoms with Crippen LogP contribution in [0, 0.1) is 0 Å². The topological polar surface area (TPSA) is 24.8 Å². The third-order valence-electron chi connectivity index (χ3n) is 3.29. The first kappa shape index (κ1) is 13.1. The number of ether oxygens (including phenoxy) is 1. The van der Waals surface area contributed by atoms with Crippen LogP contribution in [0.3, 0.4) is 0 Å². The molecule has 2 rings (SSSR count). The number of methoxy groups -OCH3 is 1. The van der Waals surface area contributed by atoms with Crippen molar-refractivity contribution in [2.75, 3.05) is 18.7 Å². The van der Waals surface area contributed by atoms with Gasteiger partial charge in [-0.3, -0.25) is 5.01 Å². The predicted molar refractivity (Wildman–Crippen MR) is 76.3 cm³/mol. The summed E-state index contributed by atoms with van der Waals surface area (Å²) in [5.41, 5.74) is 2.60. The van der Waals surface area contributed by atoms with Crippen molar-refractivity contribution in [1.82, 2.24) is 0 Å². The van der Waals surface area contributed by atoms with Gasteiger partial charge in [-0.15, -0.1) is 0 Å². The Morgan fingerprint density at radius 1 is 1.44 bits per heavy atom. The van der Waals surface area contributed by atoms with Gasteiger partial charge in [-0.25, -0.2) is 0 Å². The van der Waals surface area contributed by atoms with Gasteiger partial charge >= 0.3 is 0 Å². The summed E-state index contributed by atoms with van der Waals surface area (Å²) in [7, 11) is 1.75. The van der Waals surface area contributed by atoms with Crippen LogP contribution in [0.4, 0.5) is 5.69 Å². The van der Waals surface area contributed by atoms with Crippen molar-refractivity contribution < 1.29 is 4.74 Å². The van der Waals surface area contributed by atoms with Gasteiger partial charge in [0, 0.05) is 13.3 Å². The average molecular weight is 246 g/mol. The Labute approximate surface area is 109 Å². The van der Waals surface area contributed by atoms with E-state index in [1.165, 1.54) is 24.1 Å². The fraction of sp³-hybridized carbons (Fsp3) is 0.533. The maximum absolute atomic E-state index is 5.30. The quantitative estimate of drug-likeness (QED) is 0.568. The highest BCUT2D eigenvalue weighted by atomic mass is 16.5. The summed E-state index contributed by atoms with van der Waals surface area (Å²) in [6.07, 6.45) is 6.52. The van der Waals surface area contributed by atoms with Crippen LogP contribution in [0.5, 0.6) is 0 Å². The fourth-order valence-corrected chi connectivity index (χ4v) is 2.36. The minimum atomic E-state index is 0.338. The van der Waals surface area contributed by atoms with E-state index in [2.05, 4.69) is 41.3 Å². The fourth-order valence-electron chi connectivity index (χ4n) is 2.36. The SMILES string of the molecule is CCCC/C=N/N1c2ccccc2C[C@H]1COC. The molecule has 1 aliphatic heterocycles. The maximum Gasteiger partial charge on any atom is 0.0800 e. The van der Waals surface area contributed by atoms with Gasteiger partial charge in [0.2, 0.25) is 0 Å². The summed E-state index contributed by atoms with van der Waals surface area (Å²) in [4.78, 5) is 0. The van der Waals surface area contributed by atoms with Crippen molar-refractivity contribution in [3.8, 4) is 0 Å². The Bertz CT molecular complexity index is 403. The molecule has 0 aliphatic carbocycles. The third-order valence-corrected chi connectivity index (χ3v) is 3.29. The molecule has 0 N–H and O–H groups in total. The number of anilines is 1. The lowest BCUT2D eigenvalue weighted by atomic mass is 10.1. The average Bonchev–Trinajstić information content (AvgIpc) is 2.73. The van der Waals surface area contributed by atoms with Crippen LogP contribution < -0.4 is 5.01 Å². The second-order valence-corrected chi connectivity index (χ2v) is 4.73. The van der Waals surface area contributed by atoms with Crippen LogP contribution >= 0.6 is 0 Å². The molecule has 0 radical (unpaired) electrons. The van der Waals surface area contributed by atoms with E-state index in [0.29, 0.717) is 6.04 Å². The van der Waals surface area contributed by atoms with Gasteiger partial charge < -0.3 is 4.74 Å². The summed E-state index contributed by atoms with van der Waals surface area (Å²) in [6, 6.07) is 8.82. The van der Waals surface area contributed by atoms with E-state index < -0.39 is 0 Å². The minimum Gasteiger partial charge on any atom is -0.382 e. The monoisotopic (exact) mass is 246 g/mol. The predicted octanol–water partition coefficient (Wildman–Crippen LogP) is 3.24. The number of hydrogen-bond acceptors (Lipinski definition) is 3. The van der Waals surface area contributed by atoms with Gasteiger partial charge in [0.25, 0.3) is 0 Å². The van der Waals surface area contributed by atoms with E-state index in [-0.39, 0.29) is 0 Å². The first-order valence-electron chi connectivity index (χ1n) is 6.75. The molecule has 0 aromatic heterocycles. The lowest BCUT2D eigenvalue weighted by Crippen LogP contribution is -2.31. The molecule has 0 bridgehead atoms. The second kappa shape index (κ2) is 6.55. The minimum absolute atomic E-state index is 0.338. The van der Waals surface area contributed by atoms with Crippen LogP contribution in [-0.4, -0.2) is 26.0 Å². The molecular weight excluding hydrogens is 224 g/mol. The van der Waals surface area contributed by atoms with E-state index >= 15 is 0 Å². The number of hydrazone groups is 1. The number of benzene rings is 1. The Kier molecular flexibility index (Phi) is 4.76. The van der Waals surface area contributed by atoms with Gasteiger partial charge in [-0.2, -0.15) is 5.10 Å². The summed E-state index contributed by atoms with van der Waals surface area (Å²) in [5, 5.41) is 6.75. The highest BCUT2D eigenvalue weighted by molar-refractivity contribution is 5.64. The van der Waals surface area contributed by atoms with Crippen molar-refractivity contribution in [2.45, 2.75) is 38.6 Å². The van der Waals surface area contributed by atoms with Gasteiger partial charge in [0.1, 0.15) is 0 Å². The maximum atomic E-state index is 5.30. The molecule has 0 amide bonds. The highest BCUT2D eigenvalue weighted by Gasteiger charge is 2.28. The Morgan fingerprint density at radius 2 is 2.28 bits per heavy atom. The molecule has 3 heteroatoms. The lowest BCUT2D eigenvalue weighted by Gasteiger charge is -2.21. The van der Waals surface area contributed by atoms with E-state index in [9.17, 15) is 0 Å². The smallest absolute Gasteiger partial charge is 0.0800 e. The first-order valence-corrected chi connectivity index (χ1v) is 6.75. The summed E-state index contributed by atoms with van der Waals surface area (Å²) >= 11 is 0. The van der Waals surface area contributed by atoms with Gasteiger partial charge in [0.15, 0.2) is 0 Å². The Balaban J connectivity index is 2.10. The molecule has 98 valence electrons. The highest BCUT2D eigenvalue weighted by Crippen LogP contribution is 2.32. The van der Waals surface area contributed by atoms with Crippen LogP contribution in [0.25, 0.3) is 0 Å². The number of nitrogens with zero attached hydrogens (tertiary/aromatic N) is 2. The molecule has 3 nitrogen and oxygen atoms in total. The van der Waals surface area contributed by atoms with Crippen molar-refractivity contribution in [2.24, 2.45) is 5.10 Å². The largest absolute Gasteiger partial charge is 0.382 e. The van der Waals surface area contributed by atoms with Gasteiger partial charge in [0.05, 0.1) is 18.3 Å². The summed E-state index contributed by atoms with van der Waals surface area (Å²) < 4.78 is 5.30. The molecule has 0 unspecified atom stereocenters. The molecule has 1 heterocycles. The van der Waals surface area contributed by atoms with Crippen LogP contribution in [-0.2, 0) is 11.2 Å². The van der Waals surface area contributed by atoms with Gasteiger partial charge in [-0.1, -0.05) is 31.5 Å². The normalized spacial score (nSPS) is 18.6. The molecule has 0 saturated heterocycles. The molecule has 1 aromatic rings. The van der Waals surface area contributed by atoms with Crippen molar-refractivity contribution in [3.05, 3.63) is 29.8 Å². The molecule has 0 fully saturated rings. The number of unbranched alkanes of at least 4 members (excludes halogenated alkanes) is 2. The number of rotatable bonds is 6. The Hall–Kier alpha value is -1.35. The number of para-hydroxylation sites is 1. The Morgan fingerprint density at radius 3 is 3.06 bits per heavy atom. The standard InChI is InChI=1S/C15H22N2O/c1-3-4-7-10-16-17-14(12-18-2)11-13-8-5-6-9-15(13)17/h5-6,8-10,14H,3-4,7,11-12H2,1-2H3/b16-10+/t14-/m0/s1. The zero-order valence-electron chi connectivity index (χ0n) is 11.3. The van der Waals surface area contributed by atoms with Crippen LogP contribution in [0.15, 0.2) is 29.4 Å². The first-order chi connectivity index (χ1) is 8.86. The van der Waals surface area contributed by atoms with Crippen molar-refractivity contribution >= 4 is 11.9 Å². The number of hydrogen-bond donors (Lipinski definition) is 0. The number of fused-ring (bicyclic) bond motifs is 1. The zero-order chi connectivity index (χ0) is 12.8. The van der Waals surface area contributed by atoms with Crippen molar-refractivity contribution in [3.63, 3.8) is 0 Å². The second-order valence-electron chi connectivity index (χ2n) is 4.73. The molecule has 0 spiro atoms. The lowest BCUT2D eigenvalue weighted by molar-refractivity contribution is 0.179. The van der Waals surface area contributed by atoms with Gasteiger partial charge in [-0.05, 0) is 30.9 Å². The molecule has 1 aliphatic rings. The molecule has 18 heavy (non-hydrogen) atoms. The summed E-state index contributed by atoms with van der Waals surface area (Å²) in [5.74, 6) is 0. The molecule has 1 aromatic carbocycles.